The average Bonchev–Trinajstić information content (AvgIpc) is 2.86. The van der Waals surface area contributed by atoms with Crippen molar-refractivity contribution in [2.24, 2.45) is 10.9 Å². The Morgan fingerprint density at radius 3 is 1.94 bits per heavy atom. The molecule has 0 aliphatic rings. The van der Waals surface area contributed by atoms with Gasteiger partial charge in [-0.25, -0.2) is 18.0 Å². The molecule has 0 fully saturated rings. The van der Waals surface area contributed by atoms with Crippen LogP contribution in [0.1, 0.15) is 58.4 Å². The van der Waals surface area contributed by atoms with Crippen molar-refractivity contribution in [2.75, 3.05) is 26.6 Å². The van der Waals surface area contributed by atoms with Gasteiger partial charge >= 0.3 is 11.9 Å². The van der Waals surface area contributed by atoms with Crippen molar-refractivity contribution in [2.45, 2.75) is 37.0 Å². The summed E-state index contributed by atoms with van der Waals surface area (Å²) in [5.41, 5.74) is 6.74. The first kappa shape index (κ1) is 27.0. The highest BCUT2D eigenvalue weighted by Gasteiger charge is 2.16. The molecule has 0 unspecified atom stereocenters. The van der Waals surface area contributed by atoms with E-state index in [1.54, 1.807) is 7.11 Å². The molecule has 0 radical (unpaired) electrons. The number of nitrogens with zero attached hydrogens (tertiary/aromatic N) is 1. The Labute approximate surface area is 199 Å². The molecule has 0 bridgehead atoms. The van der Waals surface area contributed by atoms with Gasteiger partial charge in [-0.3, -0.25) is 0 Å². The summed E-state index contributed by atoms with van der Waals surface area (Å²) in [4.78, 5) is 28.7. The third kappa shape index (κ3) is 8.27. The van der Waals surface area contributed by atoms with Crippen molar-refractivity contribution >= 4 is 27.6 Å². The van der Waals surface area contributed by atoms with E-state index in [2.05, 4.69) is 9.89 Å². The van der Waals surface area contributed by atoms with E-state index in [9.17, 15) is 18.0 Å². The molecule has 0 aliphatic heterocycles. The molecule has 0 amide bonds. The Bertz CT molecular complexity index is 1080. The Balaban J connectivity index is 1.89. The highest BCUT2D eigenvalue weighted by Crippen LogP contribution is 2.16. The first-order chi connectivity index (χ1) is 16.3. The molecule has 34 heavy (non-hydrogen) atoms. The molecule has 2 rings (SSSR count). The van der Waals surface area contributed by atoms with Crippen molar-refractivity contribution in [3.8, 4) is 0 Å². The molecule has 0 spiro atoms. The highest BCUT2D eigenvalue weighted by molar-refractivity contribution is 7.91. The molecule has 9 nitrogen and oxygen atoms in total. The predicted molar refractivity (Wildman–Crippen MR) is 127 cm³/mol. The van der Waals surface area contributed by atoms with Gasteiger partial charge in [-0.2, -0.15) is 0 Å². The number of sulfone groups is 1. The molecule has 10 heteroatoms. The number of ether oxygens (including phenoxy) is 2. The number of rotatable bonds is 13. The van der Waals surface area contributed by atoms with E-state index in [0.29, 0.717) is 17.5 Å². The number of esters is 1. The summed E-state index contributed by atoms with van der Waals surface area (Å²) in [7, 11) is -0.491. The Morgan fingerprint density at radius 1 is 0.794 bits per heavy atom. The minimum absolute atomic E-state index is 0.0522. The van der Waals surface area contributed by atoms with Gasteiger partial charge in [0.05, 0.1) is 28.9 Å². The maximum atomic E-state index is 12.5. The van der Waals surface area contributed by atoms with E-state index in [-0.39, 0.29) is 22.0 Å². The number of nitrogens with two attached hydrogens (primary N) is 1. The van der Waals surface area contributed by atoms with Crippen LogP contribution in [0.15, 0.2) is 58.6 Å². The van der Waals surface area contributed by atoms with Crippen LogP contribution in [0.25, 0.3) is 0 Å². The largest absolute Gasteiger partial charge is 0.465 e. The smallest absolute Gasteiger partial charge is 0.365 e. The molecule has 2 N–H and O–H groups in total. The number of unbranched alkanes of at least 4 members (excludes halogenated alkanes) is 4. The molecule has 0 saturated heterocycles. The number of methoxy groups -OCH3 is 2. The Kier molecular flexibility index (Phi) is 10.7. The normalized spacial score (nSPS) is 11.8. The zero-order chi connectivity index (χ0) is 25.0. The number of carbonyl (C=O) groups excluding carboxylic acids is 2. The van der Waals surface area contributed by atoms with Crippen molar-refractivity contribution in [1.29, 1.82) is 0 Å². The standard InChI is InChI=1S/C24H30N2O7S/c1-31-16-6-4-3-5-7-17-34(29,30)21-14-12-20(13-15-21)24(28)33-26-22(25)18-8-10-19(11-9-18)23(27)32-2/h8-15H,3-7,16-17H2,1-2H3,(H2,25,26). The predicted octanol–water partition coefficient (Wildman–Crippen LogP) is 3.32. The van der Waals surface area contributed by atoms with Gasteiger partial charge in [0.15, 0.2) is 15.7 Å². The maximum Gasteiger partial charge on any atom is 0.365 e. The second kappa shape index (κ2) is 13.5. The topological polar surface area (TPSA) is 134 Å². The van der Waals surface area contributed by atoms with Gasteiger partial charge in [0.25, 0.3) is 0 Å². The van der Waals surface area contributed by atoms with Crippen LogP contribution < -0.4 is 5.73 Å². The first-order valence-corrected chi connectivity index (χ1v) is 12.5. The fraction of sp³-hybridized carbons (Fsp3) is 0.375. The fourth-order valence-corrected chi connectivity index (χ4v) is 4.45. The van der Waals surface area contributed by atoms with Gasteiger partial charge in [-0.05, 0) is 49.2 Å². The second-order valence-electron chi connectivity index (χ2n) is 7.53. The fourth-order valence-electron chi connectivity index (χ4n) is 3.08. The molecule has 184 valence electrons. The van der Waals surface area contributed by atoms with Gasteiger partial charge in [0, 0.05) is 19.3 Å². The molecule has 2 aromatic rings. The monoisotopic (exact) mass is 490 g/mol. The summed E-state index contributed by atoms with van der Waals surface area (Å²) < 4.78 is 34.6. The summed E-state index contributed by atoms with van der Waals surface area (Å²) in [6, 6.07) is 11.6. The molecular formula is C24H30N2O7S. The average molecular weight is 491 g/mol. The van der Waals surface area contributed by atoms with Crippen LogP contribution in [0.3, 0.4) is 0 Å². The van der Waals surface area contributed by atoms with Gasteiger partial charge in [0.2, 0.25) is 0 Å². The first-order valence-electron chi connectivity index (χ1n) is 10.8. The highest BCUT2D eigenvalue weighted by atomic mass is 32.2. The summed E-state index contributed by atoms with van der Waals surface area (Å²) >= 11 is 0. The van der Waals surface area contributed by atoms with Gasteiger partial charge in [-0.15, -0.1) is 0 Å². The summed E-state index contributed by atoms with van der Waals surface area (Å²) in [6.07, 6.45) is 4.35. The molecule has 0 atom stereocenters. The number of oxime groups is 1. The lowest BCUT2D eigenvalue weighted by Gasteiger charge is -2.06. The van der Waals surface area contributed by atoms with Crippen LogP contribution in [0.5, 0.6) is 0 Å². The lowest BCUT2D eigenvalue weighted by molar-refractivity contribution is 0.0515. The molecule has 0 aliphatic carbocycles. The Morgan fingerprint density at radius 2 is 1.32 bits per heavy atom. The SMILES string of the molecule is COCCCCCCCS(=O)(=O)c1ccc(C(=O)O/N=C(\N)c2ccc(C(=O)OC)cc2)cc1. The van der Waals surface area contributed by atoms with E-state index in [1.807, 2.05) is 0 Å². The zero-order valence-corrected chi connectivity index (χ0v) is 20.2. The summed E-state index contributed by atoms with van der Waals surface area (Å²) in [6.45, 7) is 0.717. The van der Waals surface area contributed by atoms with Crippen LogP contribution in [0.2, 0.25) is 0 Å². The molecule has 2 aromatic carbocycles. The second-order valence-corrected chi connectivity index (χ2v) is 9.64. The van der Waals surface area contributed by atoms with Crippen LogP contribution in [0.4, 0.5) is 0 Å². The number of hydrogen-bond acceptors (Lipinski definition) is 8. The number of hydrogen-bond donors (Lipinski definition) is 1. The van der Waals surface area contributed by atoms with Gasteiger partial charge in [0.1, 0.15) is 0 Å². The minimum atomic E-state index is -3.43. The lowest BCUT2D eigenvalue weighted by atomic mass is 10.1. The van der Waals surface area contributed by atoms with Crippen molar-refractivity contribution < 1.29 is 32.3 Å². The van der Waals surface area contributed by atoms with Crippen LogP contribution in [-0.2, 0) is 24.1 Å². The molecule has 0 aromatic heterocycles. The summed E-state index contributed by atoms with van der Waals surface area (Å²) in [5.74, 6) is -1.28. The lowest BCUT2D eigenvalue weighted by Crippen LogP contribution is -2.15. The third-order valence-corrected chi connectivity index (χ3v) is 6.86. The third-order valence-electron chi connectivity index (χ3n) is 5.04. The van der Waals surface area contributed by atoms with Crippen LogP contribution >= 0.6 is 0 Å². The van der Waals surface area contributed by atoms with E-state index < -0.39 is 21.8 Å². The molecule has 0 heterocycles. The quantitative estimate of drug-likeness (QED) is 0.113. The number of carbonyl (C=O) groups is 2. The molecular weight excluding hydrogens is 460 g/mol. The minimum Gasteiger partial charge on any atom is -0.465 e. The van der Waals surface area contributed by atoms with E-state index >= 15 is 0 Å². The maximum absolute atomic E-state index is 12.5. The van der Waals surface area contributed by atoms with Crippen molar-refractivity contribution in [1.82, 2.24) is 0 Å². The van der Waals surface area contributed by atoms with E-state index in [0.717, 1.165) is 32.3 Å². The summed E-state index contributed by atoms with van der Waals surface area (Å²) in [5, 5.41) is 3.62. The zero-order valence-electron chi connectivity index (χ0n) is 19.4. The number of amidine groups is 1. The van der Waals surface area contributed by atoms with Crippen molar-refractivity contribution in [3.05, 3.63) is 65.2 Å². The Hall–Kier alpha value is -3.24. The van der Waals surface area contributed by atoms with Gasteiger partial charge in [-0.1, -0.05) is 36.6 Å². The molecule has 0 saturated carbocycles. The van der Waals surface area contributed by atoms with E-state index in [4.69, 9.17) is 15.3 Å². The van der Waals surface area contributed by atoms with E-state index in [1.165, 1.54) is 55.6 Å². The van der Waals surface area contributed by atoms with Crippen LogP contribution in [0, 0.1) is 0 Å². The van der Waals surface area contributed by atoms with Crippen LogP contribution in [-0.4, -0.2) is 52.8 Å². The number of benzene rings is 2. The van der Waals surface area contributed by atoms with Crippen molar-refractivity contribution in [3.63, 3.8) is 0 Å². The van der Waals surface area contributed by atoms with Gasteiger partial charge < -0.3 is 20.0 Å².